The van der Waals surface area contributed by atoms with Crippen molar-refractivity contribution in [3.63, 3.8) is 0 Å². The molecular weight excluding hydrogens is 403 g/mol. The van der Waals surface area contributed by atoms with E-state index in [1.54, 1.807) is 30.3 Å². The van der Waals surface area contributed by atoms with Crippen LogP contribution in [-0.2, 0) is 9.84 Å². The highest BCUT2D eigenvalue weighted by Gasteiger charge is 2.30. The number of benzene rings is 3. The van der Waals surface area contributed by atoms with Gasteiger partial charge >= 0.3 is 0 Å². The topological polar surface area (TPSA) is 79.9 Å². The normalized spacial score (nSPS) is 11.4. The van der Waals surface area contributed by atoms with Crippen LogP contribution < -0.4 is 0 Å². The summed E-state index contributed by atoms with van der Waals surface area (Å²) < 4.78 is 39.8. The number of aromatic amines is 1. The Bertz CT molecular complexity index is 1310. The molecule has 1 heterocycles. The van der Waals surface area contributed by atoms with Crippen molar-refractivity contribution in [3.05, 3.63) is 102 Å². The van der Waals surface area contributed by atoms with Gasteiger partial charge in [0.1, 0.15) is 17.3 Å². The molecule has 0 fully saturated rings. The van der Waals surface area contributed by atoms with E-state index < -0.39 is 21.4 Å². The molecule has 0 spiro atoms. The summed E-state index contributed by atoms with van der Waals surface area (Å²) in [4.78, 5) is 20.3. The van der Waals surface area contributed by atoms with Gasteiger partial charge in [0.2, 0.25) is 15.6 Å². The fourth-order valence-corrected chi connectivity index (χ4v) is 4.38. The Kier molecular flexibility index (Phi) is 5.05. The van der Waals surface area contributed by atoms with E-state index in [1.165, 1.54) is 24.3 Å². The number of halogens is 1. The molecule has 0 unspecified atom stereocenters. The van der Waals surface area contributed by atoms with Gasteiger partial charge in [-0.2, -0.15) is 0 Å². The molecule has 4 aromatic rings. The van der Waals surface area contributed by atoms with E-state index in [0.29, 0.717) is 5.56 Å². The minimum absolute atomic E-state index is 0.0391. The van der Waals surface area contributed by atoms with Gasteiger partial charge in [-0.25, -0.2) is 17.8 Å². The first-order valence-corrected chi connectivity index (χ1v) is 10.6. The van der Waals surface area contributed by atoms with Crippen LogP contribution in [0.3, 0.4) is 0 Å². The average Bonchev–Trinajstić information content (AvgIpc) is 3.21. The Labute approximate surface area is 173 Å². The molecule has 4 rings (SSSR count). The van der Waals surface area contributed by atoms with E-state index in [4.69, 9.17) is 0 Å². The lowest BCUT2D eigenvalue weighted by atomic mass is 10.1. The summed E-state index contributed by atoms with van der Waals surface area (Å²) in [5.74, 6) is -0.847. The minimum Gasteiger partial charge on any atom is -0.328 e. The Morgan fingerprint density at radius 3 is 2.17 bits per heavy atom. The zero-order chi connectivity index (χ0) is 21.3. The summed E-state index contributed by atoms with van der Waals surface area (Å²) in [5, 5.41) is -0.293. The predicted octanol–water partition coefficient (Wildman–Crippen LogP) is 4.59. The van der Waals surface area contributed by atoms with E-state index in [9.17, 15) is 17.6 Å². The zero-order valence-corrected chi connectivity index (χ0v) is 16.8. The minimum atomic E-state index is -4.04. The van der Waals surface area contributed by atoms with Gasteiger partial charge in [-0.3, -0.25) is 4.79 Å². The molecule has 1 aromatic heterocycles. The molecule has 0 saturated carbocycles. The molecule has 0 bridgehead atoms. The number of rotatable bonds is 5. The Morgan fingerprint density at radius 1 is 0.900 bits per heavy atom. The Balaban J connectivity index is 1.90. The summed E-state index contributed by atoms with van der Waals surface area (Å²) in [5.41, 5.74) is 1.58. The Morgan fingerprint density at radius 2 is 1.53 bits per heavy atom. The van der Waals surface area contributed by atoms with Gasteiger partial charge in [-0.05, 0) is 43.3 Å². The summed E-state index contributed by atoms with van der Waals surface area (Å²) in [6, 6.07) is 20.0. The van der Waals surface area contributed by atoms with Crippen molar-refractivity contribution in [2.45, 2.75) is 16.8 Å². The predicted molar refractivity (Wildman–Crippen MR) is 110 cm³/mol. The lowest BCUT2D eigenvalue weighted by Gasteiger charge is -2.05. The largest absolute Gasteiger partial charge is 0.328 e. The SMILES string of the molecule is Cc1ccc(-c2nc(C(=O)c3ccc(F)cc3)c(S(=O)(=O)c3ccccc3)[nH]2)cc1. The first kappa shape index (κ1) is 19.7. The molecule has 150 valence electrons. The van der Waals surface area contributed by atoms with Crippen LogP contribution in [0.4, 0.5) is 4.39 Å². The first-order chi connectivity index (χ1) is 14.4. The van der Waals surface area contributed by atoms with E-state index in [-0.39, 0.29) is 27.0 Å². The van der Waals surface area contributed by atoms with Crippen molar-refractivity contribution in [2.75, 3.05) is 0 Å². The smallest absolute Gasteiger partial charge is 0.224 e. The van der Waals surface area contributed by atoms with Gasteiger partial charge in [0, 0.05) is 11.1 Å². The molecule has 0 aliphatic carbocycles. The molecule has 7 heteroatoms. The molecule has 0 atom stereocenters. The van der Waals surface area contributed by atoms with Crippen molar-refractivity contribution in [3.8, 4) is 11.4 Å². The second-order valence-corrected chi connectivity index (χ2v) is 8.67. The molecule has 5 nitrogen and oxygen atoms in total. The number of aryl methyl sites for hydroxylation is 1. The van der Waals surface area contributed by atoms with Gasteiger partial charge < -0.3 is 4.98 Å². The number of aromatic nitrogens is 2. The van der Waals surface area contributed by atoms with Crippen LogP contribution in [0.5, 0.6) is 0 Å². The number of ketones is 1. The van der Waals surface area contributed by atoms with Crippen molar-refractivity contribution >= 4 is 15.6 Å². The zero-order valence-electron chi connectivity index (χ0n) is 16.0. The maximum atomic E-state index is 13.3. The number of hydrogen-bond acceptors (Lipinski definition) is 4. The molecule has 3 aromatic carbocycles. The average molecular weight is 420 g/mol. The van der Waals surface area contributed by atoms with Gasteiger partial charge in [0.15, 0.2) is 5.03 Å². The van der Waals surface area contributed by atoms with E-state index >= 15 is 0 Å². The van der Waals surface area contributed by atoms with Crippen molar-refractivity contribution in [1.29, 1.82) is 0 Å². The molecule has 0 aliphatic heterocycles. The van der Waals surface area contributed by atoms with Gasteiger partial charge in [-0.15, -0.1) is 0 Å². The van der Waals surface area contributed by atoms with Crippen molar-refractivity contribution < 1.29 is 17.6 Å². The van der Waals surface area contributed by atoms with Crippen molar-refractivity contribution in [2.24, 2.45) is 0 Å². The third-order valence-corrected chi connectivity index (χ3v) is 6.36. The van der Waals surface area contributed by atoms with Crippen LogP contribution in [0, 0.1) is 12.7 Å². The summed E-state index contributed by atoms with van der Waals surface area (Å²) in [7, 11) is -4.04. The fourth-order valence-electron chi connectivity index (χ4n) is 3.01. The quantitative estimate of drug-likeness (QED) is 0.479. The van der Waals surface area contributed by atoms with Crippen LogP contribution in [0.2, 0.25) is 0 Å². The van der Waals surface area contributed by atoms with Crippen LogP contribution >= 0.6 is 0 Å². The Hall–Kier alpha value is -3.58. The number of nitrogens with zero attached hydrogens (tertiary/aromatic N) is 1. The highest BCUT2D eigenvalue weighted by molar-refractivity contribution is 7.91. The van der Waals surface area contributed by atoms with E-state index in [1.807, 2.05) is 19.1 Å². The van der Waals surface area contributed by atoms with Crippen LogP contribution in [0.25, 0.3) is 11.4 Å². The summed E-state index contributed by atoms with van der Waals surface area (Å²) >= 11 is 0. The standard InChI is InChI=1S/C23H17FN2O3S/c1-15-7-9-17(10-8-15)22-25-20(21(27)16-11-13-18(24)14-12-16)23(26-22)30(28,29)19-5-3-2-4-6-19/h2-14H,1H3,(H,25,26). The van der Waals surface area contributed by atoms with Crippen LogP contribution in [0.15, 0.2) is 88.8 Å². The fraction of sp³-hybridized carbons (Fsp3) is 0.0435. The number of nitrogens with one attached hydrogen (secondary N) is 1. The van der Waals surface area contributed by atoms with Gasteiger partial charge in [-0.1, -0.05) is 48.0 Å². The molecule has 30 heavy (non-hydrogen) atoms. The molecular formula is C23H17FN2O3S. The summed E-state index contributed by atoms with van der Waals surface area (Å²) in [6.45, 7) is 1.93. The number of carbonyl (C=O) groups excluding carboxylic acids is 1. The number of imidazole rings is 1. The third-order valence-electron chi connectivity index (χ3n) is 4.64. The van der Waals surface area contributed by atoms with Gasteiger partial charge in [0.25, 0.3) is 0 Å². The van der Waals surface area contributed by atoms with Crippen LogP contribution in [-0.4, -0.2) is 24.2 Å². The maximum absolute atomic E-state index is 13.3. The third kappa shape index (κ3) is 3.67. The van der Waals surface area contributed by atoms with Crippen LogP contribution in [0.1, 0.15) is 21.6 Å². The van der Waals surface area contributed by atoms with Gasteiger partial charge in [0.05, 0.1) is 4.90 Å². The molecule has 0 aliphatic rings. The second-order valence-electron chi connectivity index (χ2n) is 6.78. The van der Waals surface area contributed by atoms with E-state index in [2.05, 4.69) is 9.97 Å². The van der Waals surface area contributed by atoms with E-state index in [0.717, 1.165) is 17.7 Å². The highest BCUT2D eigenvalue weighted by atomic mass is 32.2. The number of sulfone groups is 1. The number of H-pyrrole nitrogens is 1. The molecule has 1 N–H and O–H groups in total. The monoisotopic (exact) mass is 420 g/mol. The highest BCUT2D eigenvalue weighted by Crippen LogP contribution is 2.28. The second kappa shape index (κ2) is 7.68. The summed E-state index contributed by atoms with van der Waals surface area (Å²) in [6.07, 6.45) is 0. The first-order valence-electron chi connectivity index (χ1n) is 9.14. The maximum Gasteiger partial charge on any atom is 0.224 e. The molecule has 0 saturated heterocycles. The molecule has 0 radical (unpaired) electrons. The number of hydrogen-bond donors (Lipinski definition) is 1. The van der Waals surface area contributed by atoms with Crippen molar-refractivity contribution in [1.82, 2.24) is 9.97 Å². The number of carbonyl (C=O) groups is 1. The lowest BCUT2D eigenvalue weighted by molar-refractivity contribution is 0.103. The lowest BCUT2D eigenvalue weighted by Crippen LogP contribution is -2.11. The molecule has 0 amide bonds.